The van der Waals surface area contributed by atoms with Crippen molar-refractivity contribution in [1.82, 2.24) is 10.3 Å². The molecule has 166 valence electrons. The van der Waals surface area contributed by atoms with Crippen molar-refractivity contribution < 1.29 is 14.6 Å². The van der Waals surface area contributed by atoms with Gasteiger partial charge in [-0.05, 0) is 49.4 Å². The van der Waals surface area contributed by atoms with Crippen molar-refractivity contribution in [1.29, 1.82) is 5.41 Å². The Hall–Kier alpha value is -3.34. The van der Waals surface area contributed by atoms with Gasteiger partial charge in [-0.1, -0.05) is 24.0 Å². The number of allylic oxidation sites excluding steroid dienone is 1. The summed E-state index contributed by atoms with van der Waals surface area (Å²) in [5.41, 5.74) is 8.45. The van der Waals surface area contributed by atoms with E-state index >= 15 is 0 Å². The van der Waals surface area contributed by atoms with Crippen molar-refractivity contribution in [2.75, 3.05) is 18.9 Å². The molecule has 1 aliphatic carbocycles. The lowest BCUT2D eigenvalue weighted by Crippen LogP contribution is -2.31. The number of aliphatic hydroxyl groups is 1. The van der Waals surface area contributed by atoms with Crippen LogP contribution in [0.2, 0.25) is 0 Å². The van der Waals surface area contributed by atoms with Crippen molar-refractivity contribution in [3.8, 4) is 17.6 Å². The molecule has 7 heteroatoms. The second kappa shape index (κ2) is 9.86. The van der Waals surface area contributed by atoms with Gasteiger partial charge < -0.3 is 31.0 Å². The summed E-state index contributed by atoms with van der Waals surface area (Å²) in [6.45, 7) is 1.81. The van der Waals surface area contributed by atoms with Gasteiger partial charge in [0.2, 0.25) is 0 Å². The SMILES string of the molecule is N=C/C(=C\NC1CCOCC1)c1cnc(N)c(OCc2cccc(C#CC3(O)CC3)c2)c1. The third kappa shape index (κ3) is 5.88. The van der Waals surface area contributed by atoms with E-state index in [1.165, 1.54) is 6.21 Å². The van der Waals surface area contributed by atoms with E-state index in [1.807, 2.05) is 30.5 Å². The number of anilines is 1. The molecule has 0 unspecified atom stereocenters. The summed E-state index contributed by atoms with van der Waals surface area (Å²) in [7, 11) is 0. The largest absolute Gasteiger partial charge is 0.485 e. The first kappa shape index (κ1) is 21.9. The Labute approximate surface area is 188 Å². The minimum absolute atomic E-state index is 0.294. The molecule has 0 spiro atoms. The molecule has 2 aromatic rings. The lowest BCUT2D eigenvalue weighted by atomic mass is 10.1. The quantitative estimate of drug-likeness (QED) is 0.395. The normalized spacial score (nSPS) is 17.7. The van der Waals surface area contributed by atoms with E-state index in [4.69, 9.17) is 20.6 Å². The molecule has 2 fully saturated rings. The van der Waals surface area contributed by atoms with Gasteiger partial charge in [-0.15, -0.1) is 0 Å². The fraction of sp³-hybridized carbons (Fsp3) is 0.360. The summed E-state index contributed by atoms with van der Waals surface area (Å²) in [5, 5.41) is 21.1. The number of rotatable bonds is 7. The number of pyridine rings is 1. The van der Waals surface area contributed by atoms with Crippen molar-refractivity contribution in [3.05, 3.63) is 59.4 Å². The predicted octanol–water partition coefficient (Wildman–Crippen LogP) is 2.88. The molecule has 0 radical (unpaired) electrons. The molecule has 1 saturated carbocycles. The van der Waals surface area contributed by atoms with Crippen molar-refractivity contribution in [2.24, 2.45) is 0 Å². The molecular weight excluding hydrogens is 404 g/mol. The van der Waals surface area contributed by atoms with Crippen LogP contribution in [0.5, 0.6) is 5.75 Å². The highest BCUT2D eigenvalue weighted by Crippen LogP contribution is 2.34. The lowest BCUT2D eigenvalue weighted by Gasteiger charge is -2.22. The minimum atomic E-state index is -0.799. The number of aromatic nitrogens is 1. The molecule has 0 bridgehead atoms. The monoisotopic (exact) mass is 432 g/mol. The number of nitrogens with zero attached hydrogens (tertiary/aromatic N) is 1. The van der Waals surface area contributed by atoms with Gasteiger partial charge in [-0.2, -0.15) is 0 Å². The summed E-state index contributed by atoms with van der Waals surface area (Å²) >= 11 is 0. The highest BCUT2D eigenvalue weighted by molar-refractivity contribution is 6.08. The van der Waals surface area contributed by atoms with Gasteiger partial charge in [-0.25, -0.2) is 4.98 Å². The van der Waals surface area contributed by atoms with Crippen LogP contribution in [0.25, 0.3) is 5.57 Å². The molecule has 0 amide bonds. The molecule has 1 saturated heterocycles. The Morgan fingerprint density at radius 2 is 2.16 bits per heavy atom. The Balaban J connectivity index is 1.43. The van der Waals surface area contributed by atoms with E-state index in [-0.39, 0.29) is 0 Å². The average molecular weight is 433 g/mol. The topological polar surface area (TPSA) is 113 Å². The zero-order valence-corrected chi connectivity index (χ0v) is 17.9. The molecule has 4 rings (SSSR count). The van der Waals surface area contributed by atoms with Gasteiger partial charge in [0.15, 0.2) is 11.6 Å². The van der Waals surface area contributed by atoms with E-state index < -0.39 is 5.60 Å². The van der Waals surface area contributed by atoms with Crippen LogP contribution in [0.4, 0.5) is 5.82 Å². The van der Waals surface area contributed by atoms with Gasteiger partial charge in [0.05, 0.1) is 0 Å². The van der Waals surface area contributed by atoms with Crippen molar-refractivity contribution in [2.45, 2.75) is 43.9 Å². The van der Waals surface area contributed by atoms with E-state index in [9.17, 15) is 5.11 Å². The van der Waals surface area contributed by atoms with Gasteiger partial charge in [0.1, 0.15) is 12.2 Å². The maximum Gasteiger partial charge on any atom is 0.166 e. The highest BCUT2D eigenvalue weighted by Gasteiger charge is 2.38. The smallest absolute Gasteiger partial charge is 0.166 e. The first-order chi connectivity index (χ1) is 15.5. The Morgan fingerprint density at radius 1 is 1.34 bits per heavy atom. The number of nitrogen functional groups attached to an aromatic ring is 1. The van der Waals surface area contributed by atoms with E-state index in [1.54, 1.807) is 12.3 Å². The molecule has 1 aromatic carbocycles. The van der Waals surface area contributed by atoms with Crippen LogP contribution in [0.1, 0.15) is 42.4 Å². The maximum absolute atomic E-state index is 9.90. The van der Waals surface area contributed by atoms with E-state index in [0.717, 1.165) is 55.6 Å². The van der Waals surface area contributed by atoms with Gasteiger partial charge >= 0.3 is 0 Å². The molecule has 1 aliphatic heterocycles. The third-order valence-corrected chi connectivity index (χ3v) is 5.55. The molecule has 7 nitrogen and oxygen atoms in total. The highest BCUT2D eigenvalue weighted by atomic mass is 16.5. The van der Waals surface area contributed by atoms with Crippen molar-refractivity contribution >= 4 is 17.6 Å². The zero-order valence-electron chi connectivity index (χ0n) is 17.9. The number of hydrogen-bond acceptors (Lipinski definition) is 7. The van der Waals surface area contributed by atoms with Gasteiger partial charge in [0.25, 0.3) is 0 Å². The Kier molecular flexibility index (Phi) is 6.74. The number of hydrogen-bond donors (Lipinski definition) is 4. The van der Waals surface area contributed by atoms with Crippen LogP contribution in [0, 0.1) is 17.3 Å². The molecular formula is C25H28N4O3. The summed E-state index contributed by atoms with van der Waals surface area (Å²) in [4.78, 5) is 4.25. The summed E-state index contributed by atoms with van der Waals surface area (Å²) in [6, 6.07) is 9.85. The molecule has 1 aromatic heterocycles. The van der Waals surface area contributed by atoms with E-state index in [0.29, 0.717) is 29.8 Å². The number of ether oxygens (including phenoxy) is 2. The van der Waals surface area contributed by atoms with Gasteiger partial charge in [-0.3, -0.25) is 0 Å². The fourth-order valence-corrected chi connectivity index (χ4v) is 3.34. The van der Waals surface area contributed by atoms with Crippen LogP contribution in [0.15, 0.2) is 42.7 Å². The van der Waals surface area contributed by atoms with Crippen LogP contribution in [-0.2, 0) is 11.3 Å². The van der Waals surface area contributed by atoms with Gasteiger partial charge in [0, 0.05) is 54.6 Å². The molecule has 2 aliphatic rings. The zero-order chi connectivity index (χ0) is 22.4. The lowest BCUT2D eigenvalue weighted by molar-refractivity contribution is 0.0812. The Bertz CT molecular complexity index is 1060. The first-order valence-corrected chi connectivity index (χ1v) is 10.8. The second-order valence-corrected chi connectivity index (χ2v) is 8.18. The van der Waals surface area contributed by atoms with Crippen LogP contribution < -0.4 is 15.8 Å². The summed E-state index contributed by atoms with van der Waals surface area (Å²) in [6.07, 6.45) is 8.14. The third-order valence-electron chi connectivity index (χ3n) is 5.55. The molecule has 5 N–H and O–H groups in total. The van der Waals surface area contributed by atoms with Crippen LogP contribution in [-0.4, -0.2) is 41.2 Å². The first-order valence-electron chi connectivity index (χ1n) is 10.8. The van der Waals surface area contributed by atoms with Crippen LogP contribution in [0.3, 0.4) is 0 Å². The number of nitrogens with two attached hydrogens (primary N) is 1. The second-order valence-electron chi connectivity index (χ2n) is 8.18. The van der Waals surface area contributed by atoms with Crippen LogP contribution >= 0.6 is 0 Å². The van der Waals surface area contributed by atoms with E-state index in [2.05, 4.69) is 22.1 Å². The average Bonchev–Trinajstić information content (AvgIpc) is 3.56. The number of benzene rings is 1. The Morgan fingerprint density at radius 3 is 2.91 bits per heavy atom. The standard InChI is InChI=1S/C25H28N4O3/c26-14-21(16-28-22-5-10-31-11-6-22)20-13-23(24(27)29-15-20)32-17-19-3-1-2-18(12-19)4-7-25(30)8-9-25/h1-3,12-16,22,26,28,30H,5-6,8-11,17H2,(H2,27,29)/b21-16+,26-14?. The molecule has 0 atom stereocenters. The van der Waals surface area contributed by atoms with Crippen molar-refractivity contribution in [3.63, 3.8) is 0 Å². The predicted molar refractivity (Wildman–Crippen MR) is 124 cm³/mol. The maximum atomic E-state index is 9.90. The molecule has 2 heterocycles. The summed E-state index contributed by atoms with van der Waals surface area (Å²) < 4.78 is 11.3. The summed E-state index contributed by atoms with van der Waals surface area (Å²) in [5.74, 6) is 6.70. The molecule has 32 heavy (non-hydrogen) atoms. The fourth-order valence-electron chi connectivity index (χ4n) is 3.34. The number of nitrogens with one attached hydrogen (secondary N) is 2. The minimum Gasteiger partial charge on any atom is -0.485 e.